The van der Waals surface area contributed by atoms with E-state index in [-0.39, 0.29) is 11.3 Å². The Morgan fingerprint density at radius 3 is 2.62 bits per heavy atom. The van der Waals surface area contributed by atoms with Crippen molar-refractivity contribution in [3.63, 3.8) is 0 Å². The third-order valence-electron chi connectivity index (χ3n) is 4.48. The summed E-state index contributed by atoms with van der Waals surface area (Å²) in [6, 6.07) is 6.43. The lowest BCUT2D eigenvalue weighted by Crippen LogP contribution is -2.18. The molecule has 0 aliphatic heterocycles. The number of anilines is 1. The first-order valence-electron chi connectivity index (χ1n) is 8.00. The van der Waals surface area contributed by atoms with E-state index >= 15 is 0 Å². The standard InChI is InChI=1S/C19H18FNO4S/c1-11-6-5-7-12-10-13(19(22)25-2)18(17(21)16(11)12)26(23,24)15-9-4-3-8-14(15)20/h3-4,8-10H,1,5-7,21H2,2H3. The molecule has 2 N–H and O–H groups in total. The largest absolute Gasteiger partial charge is 0.465 e. The van der Waals surface area contributed by atoms with Gasteiger partial charge < -0.3 is 10.5 Å². The van der Waals surface area contributed by atoms with E-state index in [0.29, 0.717) is 24.0 Å². The highest BCUT2D eigenvalue weighted by Gasteiger charge is 2.33. The number of nitrogen functional groups attached to an aromatic ring is 1. The Labute approximate surface area is 151 Å². The summed E-state index contributed by atoms with van der Waals surface area (Å²) in [6.45, 7) is 3.96. The lowest BCUT2D eigenvalue weighted by Gasteiger charge is -2.24. The van der Waals surface area contributed by atoms with E-state index in [1.807, 2.05) is 0 Å². The molecular formula is C19H18FNO4S. The normalized spacial score (nSPS) is 14.0. The van der Waals surface area contributed by atoms with Gasteiger partial charge in [0, 0.05) is 5.56 Å². The number of methoxy groups -OCH3 is 1. The minimum absolute atomic E-state index is 0.0872. The van der Waals surface area contributed by atoms with Gasteiger partial charge in [0.2, 0.25) is 9.84 Å². The molecule has 1 aliphatic rings. The lowest BCUT2D eigenvalue weighted by molar-refractivity contribution is 0.0596. The van der Waals surface area contributed by atoms with Crippen LogP contribution in [0.15, 0.2) is 46.7 Å². The van der Waals surface area contributed by atoms with Crippen LogP contribution in [0.4, 0.5) is 10.1 Å². The first kappa shape index (κ1) is 18.1. The Morgan fingerprint density at radius 1 is 1.27 bits per heavy atom. The number of aryl methyl sites for hydroxylation is 1. The van der Waals surface area contributed by atoms with Crippen LogP contribution in [0.5, 0.6) is 0 Å². The zero-order valence-electron chi connectivity index (χ0n) is 14.2. The number of rotatable bonds is 3. The first-order valence-corrected chi connectivity index (χ1v) is 9.48. The van der Waals surface area contributed by atoms with Crippen molar-refractivity contribution in [2.45, 2.75) is 29.1 Å². The molecule has 0 spiro atoms. The van der Waals surface area contributed by atoms with Crippen molar-refractivity contribution in [2.75, 3.05) is 12.8 Å². The average Bonchev–Trinajstić information content (AvgIpc) is 2.60. The molecule has 1 aliphatic carbocycles. The number of fused-ring (bicyclic) bond motifs is 1. The highest BCUT2D eigenvalue weighted by atomic mass is 32.2. The van der Waals surface area contributed by atoms with Crippen molar-refractivity contribution in [3.8, 4) is 0 Å². The van der Waals surface area contributed by atoms with Gasteiger partial charge in [0.05, 0.1) is 18.4 Å². The Morgan fingerprint density at radius 2 is 1.96 bits per heavy atom. The molecule has 0 aromatic heterocycles. The number of hydrogen-bond donors (Lipinski definition) is 1. The van der Waals surface area contributed by atoms with Gasteiger partial charge in [-0.1, -0.05) is 18.7 Å². The molecule has 0 unspecified atom stereocenters. The van der Waals surface area contributed by atoms with E-state index in [1.54, 1.807) is 0 Å². The smallest absolute Gasteiger partial charge is 0.339 e. The summed E-state index contributed by atoms with van der Waals surface area (Å²) >= 11 is 0. The third kappa shape index (κ3) is 2.78. The maximum atomic E-state index is 14.2. The van der Waals surface area contributed by atoms with Gasteiger partial charge in [0.1, 0.15) is 15.6 Å². The second kappa shape index (κ2) is 6.57. The maximum absolute atomic E-state index is 14.2. The molecule has 0 bridgehead atoms. The molecule has 7 heteroatoms. The molecule has 5 nitrogen and oxygen atoms in total. The van der Waals surface area contributed by atoms with E-state index in [9.17, 15) is 17.6 Å². The second-order valence-electron chi connectivity index (χ2n) is 6.08. The minimum atomic E-state index is -4.38. The quantitative estimate of drug-likeness (QED) is 0.656. The van der Waals surface area contributed by atoms with Crippen LogP contribution in [-0.2, 0) is 21.0 Å². The van der Waals surface area contributed by atoms with Crippen molar-refractivity contribution >= 4 is 27.1 Å². The Bertz CT molecular complexity index is 1030. The van der Waals surface area contributed by atoms with Crippen LogP contribution in [-0.4, -0.2) is 21.5 Å². The molecule has 0 radical (unpaired) electrons. The van der Waals surface area contributed by atoms with Gasteiger partial charge in [-0.05, 0) is 48.6 Å². The predicted octanol–water partition coefficient (Wildman–Crippen LogP) is 3.38. The van der Waals surface area contributed by atoms with Crippen LogP contribution < -0.4 is 5.73 Å². The van der Waals surface area contributed by atoms with Crippen LogP contribution in [0.25, 0.3) is 5.57 Å². The molecule has 0 saturated heterocycles. The van der Waals surface area contributed by atoms with Gasteiger partial charge in [-0.25, -0.2) is 17.6 Å². The number of sulfone groups is 1. The lowest BCUT2D eigenvalue weighted by atomic mass is 9.86. The van der Waals surface area contributed by atoms with Crippen molar-refractivity contribution in [2.24, 2.45) is 0 Å². The number of benzene rings is 2. The number of ether oxygens (including phenoxy) is 1. The molecule has 0 heterocycles. The fourth-order valence-corrected chi connectivity index (χ4v) is 4.92. The minimum Gasteiger partial charge on any atom is -0.465 e. The molecule has 2 aromatic carbocycles. The van der Waals surface area contributed by atoms with Gasteiger partial charge in [0.15, 0.2) is 0 Å². The van der Waals surface area contributed by atoms with Crippen LogP contribution in [0.1, 0.15) is 34.3 Å². The van der Waals surface area contributed by atoms with Gasteiger partial charge in [0.25, 0.3) is 0 Å². The Kier molecular flexibility index (Phi) is 4.58. The molecule has 0 atom stereocenters. The number of carbonyl (C=O) groups is 1. The number of esters is 1. The van der Waals surface area contributed by atoms with Gasteiger partial charge in [-0.2, -0.15) is 0 Å². The maximum Gasteiger partial charge on any atom is 0.339 e. The second-order valence-corrected chi connectivity index (χ2v) is 7.94. The van der Waals surface area contributed by atoms with Crippen molar-refractivity contribution in [1.29, 1.82) is 0 Å². The van der Waals surface area contributed by atoms with Crippen LogP contribution in [0.3, 0.4) is 0 Å². The Hall–Kier alpha value is -2.67. The summed E-state index contributed by atoms with van der Waals surface area (Å²) < 4.78 is 45.2. The third-order valence-corrected chi connectivity index (χ3v) is 6.36. The molecule has 0 amide bonds. The summed E-state index contributed by atoms with van der Waals surface area (Å²) in [5, 5.41) is 0. The first-order chi connectivity index (χ1) is 12.3. The van der Waals surface area contributed by atoms with Crippen molar-refractivity contribution in [3.05, 3.63) is 59.4 Å². The Balaban J connectivity index is 2.39. The zero-order chi connectivity index (χ0) is 19.1. The average molecular weight is 375 g/mol. The van der Waals surface area contributed by atoms with Crippen LogP contribution >= 0.6 is 0 Å². The summed E-state index contributed by atoms with van der Waals surface area (Å²) in [4.78, 5) is 11.3. The number of carbonyl (C=O) groups excluding carboxylic acids is 1. The summed E-state index contributed by atoms with van der Waals surface area (Å²) in [7, 11) is -3.24. The van der Waals surface area contributed by atoms with Crippen molar-refractivity contribution < 1.29 is 22.3 Å². The molecular weight excluding hydrogens is 357 g/mol. The number of allylic oxidation sites excluding steroid dienone is 1. The SMILES string of the molecule is C=C1CCCc2cc(C(=O)OC)c(S(=O)(=O)c3ccccc3F)c(N)c21. The van der Waals surface area contributed by atoms with Gasteiger partial charge >= 0.3 is 5.97 Å². The molecule has 3 rings (SSSR count). The fraction of sp³-hybridized carbons (Fsp3) is 0.211. The van der Waals surface area contributed by atoms with Gasteiger partial charge in [-0.3, -0.25) is 0 Å². The molecule has 0 saturated carbocycles. The summed E-state index contributed by atoms with van der Waals surface area (Å²) in [5.41, 5.74) is 7.88. The number of halogens is 1. The van der Waals surface area contributed by atoms with E-state index in [2.05, 4.69) is 6.58 Å². The highest BCUT2D eigenvalue weighted by molar-refractivity contribution is 7.91. The van der Waals surface area contributed by atoms with Crippen LogP contribution in [0.2, 0.25) is 0 Å². The van der Waals surface area contributed by atoms with E-state index < -0.39 is 31.4 Å². The fourth-order valence-electron chi connectivity index (χ4n) is 3.30. The zero-order valence-corrected chi connectivity index (χ0v) is 15.0. The van der Waals surface area contributed by atoms with Crippen molar-refractivity contribution in [1.82, 2.24) is 0 Å². The summed E-state index contributed by atoms with van der Waals surface area (Å²) in [6.07, 6.45) is 2.14. The highest BCUT2D eigenvalue weighted by Crippen LogP contribution is 2.41. The van der Waals surface area contributed by atoms with E-state index in [4.69, 9.17) is 10.5 Å². The molecule has 0 fully saturated rings. The number of hydrogen-bond acceptors (Lipinski definition) is 5. The number of nitrogens with two attached hydrogens (primary N) is 1. The van der Waals surface area contributed by atoms with E-state index in [1.165, 1.54) is 18.2 Å². The topological polar surface area (TPSA) is 86.5 Å². The molecule has 136 valence electrons. The predicted molar refractivity (Wildman–Crippen MR) is 96.0 cm³/mol. The summed E-state index contributed by atoms with van der Waals surface area (Å²) in [5.74, 6) is -1.76. The monoisotopic (exact) mass is 375 g/mol. The van der Waals surface area contributed by atoms with Gasteiger partial charge in [-0.15, -0.1) is 0 Å². The molecule has 26 heavy (non-hydrogen) atoms. The van der Waals surface area contributed by atoms with E-state index in [0.717, 1.165) is 31.2 Å². The van der Waals surface area contributed by atoms with Crippen LogP contribution in [0, 0.1) is 5.82 Å². The molecule has 2 aromatic rings.